The molecule has 0 bridgehead atoms. The Balaban J connectivity index is 1.24. The summed E-state index contributed by atoms with van der Waals surface area (Å²) in [7, 11) is 1.81. The van der Waals surface area contributed by atoms with Crippen LogP contribution in [0.2, 0.25) is 5.02 Å². The molecule has 1 N–H and O–H groups in total. The van der Waals surface area contributed by atoms with Crippen molar-refractivity contribution in [3.63, 3.8) is 0 Å². The molecular formula is C26H25ClF3N5OS. The smallest absolute Gasteiger partial charge is 0.371 e. The first-order chi connectivity index (χ1) is 17.7. The number of amides is 1. The fourth-order valence-corrected chi connectivity index (χ4v) is 6.08. The van der Waals surface area contributed by atoms with E-state index < -0.39 is 17.9 Å². The van der Waals surface area contributed by atoms with Gasteiger partial charge in [-0.05, 0) is 62.1 Å². The van der Waals surface area contributed by atoms with Crippen LogP contribution in [0.15, 0.2) is 53.8 Å². The lowest BCUT2D eigenvalue weighted by Crippen LogP contribution is -2.45. The summed E-state index contributed by atoms with van der Waals surface area (Å²) in [6.07, 6.45) is 1.81. The number of pyridine rings is 2. The standard InChI is InChI=1S/C26H25ClF3N5OS/c1-35(22-12-23(26(28,29)30)33-20-9-4-16(27)11-19(20)22)18-7-5-17(6-8-18)32-24(36)21-14-37-25(34-21)15-3-2-10-31-13-15/h2-4,9-13,17-18,21H,5-8,14H2,1H3,(H,32,36). The minimum absolute atomic E-state index is 0.00848. The van der Waals surface area contributed by atoms with Crippen LogP contribution in [0.5, 0.6) is 0 Å². The largest absolute Gasteiger partial charge is 0.433 e. The summed E-state index contributed by atoms with van der Waals surface area (Å²) in [5, 5.41) is 4.97. The van der Waals surface area contributed by atoms with E-state index in [4.69, 9.17) is 11.6 Å². The zero-order valence-corrected chi connectivity index (χ0v) is 21.6. The Morgan fingerprint density at radius 3 is 2.65 bits per heavy atom. The van der Waals surface area contributed by atoms with E-state index in [1.165, 1.54) is 6.07 Å². The highest BCUT2D eigenvalue weighted by Crippen LogP contribution is 2.37. The second-order valence-electron chi connectivity index (χ2n) is 9.31. The molecule has 3 aromatic rings. The molecule has 1 saturated carbocycles. The van der Waals surface area contributed by atoms with E-state index in [9.17, 15) is 18.0 Å². The van der Waals surface area contributed by atoms with Gasteiger partial charge in [0.2, 0.25) is 5.91 Å². The van der Waals surface area contributed by atoms with Crippen LogP contribution in [-0.2, 0) is 11.0 Å². The monoisotopic (exact) mass is 547 g/mol. The van der Waals surface area contributed by atoms with Gasteiger partial charge in [0.05, 0.1) is 5.52 Å². The number of aliphatic imine (C=N–C) groups is 1. The van der Waals surface area contributed by atoms with E-state index in [0.29, 0.717) is 21.8 Å². The number of carbonyl (C=O) groups is 1. The van der Waals surface area contributed by atoms with Gasteiger partial charge >= 0.3 is 6.18 Å². The van der Waals surface area contributed by atoms with Crippen LogP contribution < -0.4 is 10.2 Å². The molecule has 194 valence electrons. The lowest BCUT2D eigenvalue weighted by molar-refractivity contribution is -0.140. The predicted molar refractivity (Wildman–Crippen MR) is 141 cm³/mol. The number of thioether (sulfide) groups is 1. The third-order valence-electron chi connectivity index (χ3n) is 6.87. The van der Waals surface area contributed by atoms with E-state index in [2.05, 4.69) is 20.3 Å². The summed E-state index contributed by atoms with van der Waals surface area (Å²) in [5.41, 5.74) is 0.686. The number of nitrogens with zero attached hydrogens (tertiary/aromatic N) is 4. The summed E-state index contributed by atoms with van der Waals surface area (Å²) >= 11 is 7.70. The van der Waals surface area contributed by atoms with E-state index in [-0.39, 0.29) is 23.5 Å². The number of hydrogen-bond donors (Lipinski definition) is 1. The first-order valence-corrected chi connectivity index (χ1v) is 13.4. The number of fused-ring (bicyclic) bond motifs is 1. The SMILES string of the molecule is CN(c1cc(C(F)(F)F)nc2ccc(Cl)cc12)C1CCC(NC(=O)C2CSC(c3cccnc3)=N2)CC1. The fraction of sp³-hybridized carbons (Fsp3) is 0.385. The van der Waals surface area contributed by atoms with Crippen molar-refractivity contribution in [2.24, 2.45) is 4.99 Å². The highest BCUT2D eigenvalue weighted by atomic mass is 35.5. The first-order valence-electron chi connectivity index (χ1n) is 12.0. The van der Waals surface area contributed by atoms with Gasteiger partial charge in [0.1, 0.15) is 16.8 Å². The molecule has 1 aliphatic heterocycles. The average molecular weight is 548 g/mol. The Morgan fingerprint density at radius 1 is 1.16 bits per heavy atom. The van der Waals surface area contributed by atoms with Gasteiger partial charge in [-0.25, -0.2) is 4.98 Å². The number of halogens is 4. The van der Waals surface area contributed by atoms with Crippen LogP contribution in [0.4, 0.5) is 18.9 Å². The summed E-state index contributed by atoms with van der Waals surface area (Å²) in [6, 6.07) is 9.17. The van der Waals surface area contributed by atoms with Gasteiger partial charge in [0.15, 0.2) is 0 Å². The molecule has 37 heavy (non-hydrogen) atoms. The summed E-state index contributed by atoms with van der Waals surface area (Å²) in [5.74, 6) is 0.501. The molecule has 1 aliphatic carbocycles. The van der Waals surface area contributed by atoms with E-state index in [1.807, 2.05) is 24.1 Å². The Bertz CT molecular complexity index is 1330. The molecule has 11 heteroatoms. The van der Waals surface area contributed by atoms with Crippen LogP contribution in [0, 0.1) is 0 Å². The molecule has 3 heterocycles. The van der Waals surface area contributed by atoms with Crippen LogP contribution in [0.1, 0.15) is 36.9 Å². The van der Waals surface area contributed by atoms with Gasteiger partial charge in [0.25, 0.3) is 0 Å². The van der Waals surface area contributed by atoms with Gasteiger partial charge in [-0.3, -0.25) is 14.8 Å². The van der Waals surface area contributed by atoms with Crippen molar-refractivity contribution in [3.8, 4) is 0 Å². The lowest BCUT2D eigenvalue weighted by atomic mass is 9.89. The normalized spacial score (nSPS) is 22.1. The summed E-state index contributed by atoms with van der Waals surface area (Å²) in [6.45, 7) is 0. The van der Waals surface area contributed by atoms with Crippen molar-refractivity contribution >= 4 is 50.9 Å². The number of nitrogens with one attached hydrogen (secondary N) is 1. The maximum absolute atomic E-state index is 13.5. The van der Waals surface area contributed by atoms with Gasteiger partial charge < -0.3 is 10.2 Å². The third kappa shape index (κ3) is 5.70. The molecule has 0 saturated heterocycles. The molecule has 2 aromatic heterocycles. The van der Waals surface area contributed by atoms with E-state index in [1.54, 1.807) is 36.3 Å². The molecule has 1 atom stereocenters. The molecule has 5 rings (SSSR count). The molecule has 1 fully saturated rings. The summed E-state index contributed by atoms with van der Waals surface area (Å²) < 4.78 is 40.6. The molecule has 6 nitrogen and oxygen atoms in total. The Kier molecular flexibility index (Phi) is 7.31. The topological polar surface area (TPSA) is 70.5 Å². The predicted octanol–water partition coefficient (Wildman–Crippen LogP) is 5.73. The number of anilines is 1. The van der Waals surface area contributed by atoms with Gasteiger partial charge in [-0.2, -0.15) is 13.2 Å². The average Bonchev–Trinajstić information content (AvgIpc) is 3.39. The second kappa shape index (κ2) is 10.5. The zero-order chi connectivity index (χ0) is 26.2. The molecule has 1 amide bonds. The number of rotatable bonds is 5. The Morgan fingerprint density at radius 2 is 1.95 bits per heavy atom. The van der Waals surface area contributed by atoms with E-state index in [0.717, 1.165) is 42.4 Å². The molecule has 1 aromatic carbocycles. The van der Waals surface area contributed by atoms with Crippen molar-refractivity contribution in [1.82, 2.24) is 15.3 Å². The molecular weight excluding hydrogens is 523 g/mol. The second-order valence-corrected chi connectivity index (χ2v) is 10.8. The van der Waals surface area contributed by atoms with Crippen LogP contribution in [-0.4, -0.2) is 51.8 Å². The molecule has 0 radical (unpaired) electrons. The number of carbonyl (C=O) groups excluding carboxylic acids is 1. The summed E-state index contributed by atoms with van der Waals surface area (Å²) in [4.78, 5) is 27.2. The molecule has 2 aliphatic rings. The molecule has 0 spiro atoms. The van der Waals surface area contributed by atoms with Crippen molar-refractivity contribution in [2.75, 3.05) is 17.7 Å². The Labute approximate surface area is 221 Å². The van der Waals surface area contributed by atoms with E-state index >= 15 is 0 Å². The van der Waals surface area contributed by atoms with Gasteiger partial charge in [-0.15, -0.1) is 11.8 Å². The highest BCUT2D eigenvalue weighted by Gasteiger charge is 2.35. The maximum Gasteiger partial charge on any atom is 0.433 e. The Hall–Kier alpha value is -2.85. The number of hydrogen-bond acceptors (Lipinski definition) is 6. The first kappa shape index (κ1) is 25.8. The minimum atomic E-state index is -4.55. The quantitative estimate of drug-likeness (QED) is 0.442. The number of alkyl halides is 3. The fourth-order valence-electron chi connectivity index (χ4n) is 4.87. The van der Waals surface area contributed by atoms with Crippen molar-refractivity contribution in [1.29, 1.82) is 0 Å². The van der Waals surface area contributed by atoms with Crippen LogP contribution >= 0.6 is 23.4 Å². The highest BCUT2D eigenvalue weighted by molar-refractivity contribution is 8.14. The van der Waals surface area contributed by atoms with Gasteiger partial charge in [-0.1, -0.05) is 11.6 Å². The van der Waals surface area contributed by atoms with Crippen molar-refractivity contribution in [3.05, 3.63) is 65.1 Å². The number of aromatic nitrogens is 2. The lowest BCUT2D eigenvalue weighted by Gasteiger charge is -2.37. The minimum Gasteiger partial charge on any atom is -0.371 e. The van der Waals surface area contributed by atoms with Crippen LogP contribution in [0.3, 0.4) is 0 Å². The maximum atomic E-state index is 13.5. The van der Waals surface area contributed by atoms with Crippen LogP contribution in [0.25, 0.3) is 10.9 Å². The van der Waals surface area contributed by atoms with Gasteiger partial charge in [0, 0.05) is 58.9 Å². The molecule has 1 unspecified atom stereocenters. The zero-order valence-electron chi connectivity index (χ0n) is 20.0. The number of benzene rings is 1. The third-order valence-corrected chi connectivity index (χ3v) is 8.20. The van der Waals surface area contributed by atoms with Crippen molar-refractivity contribution < 1.29 is 18.0 Å². The van der Waals surface area contributed by atoms with Crippen molar-refractivity contribution in [2.45, 2.75) is 50.0 Å².